The molecule has 1 aromatic rings. The lowest BCUT2D eigenvalue weighted by Crippen LogP contribution is -2.17. The zero-order chi connectivity index (χ0) is 12.5. The third-order valence-corrected chi connectivity index (χ3v) is 3.61. The molecular weight excluding hydrogens is 232 g/mol. The average molecular weight is 256 g/mol. The molecular formula is C12H24N4S. The largest absolute Gasteiger partial charge is 0.317 e. The molecule has 5 heteroatoms. The van der Waals surface area contributed by atoms with Crippen LogP contribution in [-0.4, -0.2) is 33.3 Å². The number of unbranched alkanes of at least 4 members (excludes halogenated alkanes) is 3. The molecule has 0 bridgehead atoms. The van der Waals surface area contributed by atoms with Crippen LogP contribution in [0, 0.1) is 6.92 Å². The quantitative estimate of drug-likeness (QED) is 0.687. The molecule has 1 N–H and O–H groups in total. The molecule has 0 spiro atoms. The molecule has 0 aliphatic carbocycles. The van der Waals surface area contributed by atoms with Gasteiger partial charge >= 0.3 is 0 Å². The first-order valence-electron chi connectivity index (χ1n) is 6.30. The van der Waals surface area contributed by atoms with Crippen molar-refractivity contribution in [3.05, 3.63) is 11.6 Å². The van der Waals surface area contributed by atoms with Gasteiger partial charge in [0.2, 0.25) is 0 Å². The average Bonchev–Trinajstić information content (AvgIpc) is 2.64. The Morgan fingerprint density at radius 1 is 1.18 bits per heavy atom. The Morgan fingerprint density at radius 2 is 1.94 bits per heavy atom. The molecule has 0 fully saturated rings. The SMILES string of the molecule is CSCCCCCCNCc1nnc(C)n1C. The maximum absolute atomic E-state index is 4.12. The first kappa shape index (κ1) is 14.5. The Bertz CT molecular complexity index is 311. The summed E-state index contributed by atoms with van der Waals surface area (Å²) in [4.78, 5) is 0. The Labute approximate surface area is 109 Å². The monoisotopic (exact) mass is 256 g/mol. The van der Waals surface area contributed by atoms with Gasteiger partial charge in [0.05, 0.1) is 6.54 Å². The number of thioether (sulfide) groups is 1. The lowest BCUT2D eigenvalue weighted by Gasteiger charge is -2.04. The van der Waals surface area contributed by atoms with Crippen LogP contribution in [0.4, 0.5) is 0 Å². The summed E-state index contributed by atoms with van der Waals surface area (Å²) in [6, 6.07) is 0. The van der Waals surface area contributed by atoms with Gasteiger partial charge in [0.15, 0.2) is 0 Å². The highest BCUT2D eigenvalue weighted by Crippen LogP contribution is 2.04. The van der Waals surface area contributed by atoms with Crippen LogP contribution in [0.15, 0.2) is 0 Å². The Balaban J connectivity index is 1.99. The highest BCUT2D eigenvalue weighted by Gasteiger charge is 2.02. The fourth-order valence-electron chi connectivity index (χ4n) is 1.66. The summed E-state index contributed by atoms with van der Waals surface area (Å²) in [5, 5.41) is 11.6. The second-order valence-electron chi connectivity index (χ2n) is 4.31. The molecule has 1 heterocycles. The number of rotatable bonds is 9. The van der Waals surface area contributed by atoms with Crippen LogP contribution >= 0.6 is 11.8 Å². The third-order valence-electron chi connectivity index (χ3n) is 2.92. The molecule has 0 saturated heterocycles. The van der Waals surface area contributed by atoms with Crippen LogP contribution in [0.3, 0.4) is 0 Å². The van der Waals surface area contributed by atoms with E-state index in [-0.39, 0.29) is 0 Å². The van der Waals surface area contributed by atoms with Crippen LogP contribution in [0.5, 0.6) is 0 Å². The number of hydrogen-bond donors (Lipinski definition) is 1. The van der Waals surface area contributed by atoms with E-state index in [1.54, 1.807) is 0 Å². The van der Waals surface area contributed by atoms with E-state index >= 15 is 0 Å². The minimum atomic E-state index is 0.822. The van der Waals surface area contributed by atoms with Crippen molar-refractivity contribution in [3.8, 4) is 0 Å². The van der Waals surface area contributed by atoms with Gasteiger partial charge in [0.1, 0.15) is 11.6 Å². The standard InChI is InChI=1S/C12H24N4S/c1-11-14-15-12(16(11)2)10-13-8-6-4-5-7-9-17-3/h13H,4-10H2,1-3H3. The molecule has 4 nitrogen and oxygen atoms in total. The zero-order valence-electron chi connectivity index (χ0n) is 11.2. The summed E-state index contributed by atoms with van der Waals surface area (Å²) in [6.45, 7) is 3.87. The van der Waals surface area contributed by atoms with Crippen molar-refractivity contribution in [1.29, 1.82) is 0 Å². The second kappa shape index (κ2) is 8.53. The molecule has 0 aromatic carbocycles. The highest BCUT2D eigenvalue weighted by molar-refractivity contribution is 7.98. The van der Waals surface area contributed by atoms with E-state index < -0.39 is 0 Å². The lowest BCUT2D eigenvalue weighted by molar-refractivity contribution is 0.578. The third kappa shape index (κ3) is 5.55. The Hall–Kier alpha value is -0.550. The van der Waals surface area contributed by atoms with E-state index in [9.17, 15) is 0 Å². The van der Waals surface area contributed by atoms with Gasteiger partial charge in [-0.25, -0.2) is 0 Å². The summed E-state index contributed by atoms with van der Waals surface area (Å²) < 4.78 is 2.03. The van der Waals surface area contributed by atoms with Gasteiger partial charge in [-0.2, -0.15) is 11.8 Å². The zero-order valence-corrected chi connectivity index (χ0v) is 12.0. The Morgan fingerprint density at radius 3 is 2.59 bits per heavy atom. The number of aromatic nitrogens is 3. The molecule has 0 aliphatic heterocycles. The summed E-state index contributed by atoms with van der Waals surface area (Å²) in [5.74, 6) is 3.29. The van der Waals surface area contributed by atoms with Crippen LogP contribution in [0.1, 0.15) is 37.3 Å². The van der Waals surface area contributed by atoms with E-state index in [2.05, 4.69) is 21.8 Å². The van der Waals surface area contributed by atoms with E-state index in [0.29, 0.717) is 0 Å². The van der Waals surface area contributed by atoms with Gasteiger partial charge in [-0.05, 0) is 38.3 Å². The minimum absolute atomic E-state index is 0.822. The molecule has 1 aromatic heterocycles. The van der Waals surface area contributed by atoms with Gasteiger partial charge in [-0.1, -0.05) is 12.8 Å². The van der Waals surface area contributed by atoms with Crippen molar-refractivity contribution >= 4 is 11.8 Å². The molecule has 0 aliphatic rings. The molecule has 0 saturated carbocycles. The molecule has 0 radical (unpaired) electrons. The number of aryl methyl sites for hydroxylation is 1. The van der Waals surface area contributed by atoms with Gasteiger partial charge in [-0.15, -0.1) is 10.2 Å². The van der Waals surface area contributed by atoms with Crippen LogP contribution in [0.25, 0.3) is 0 Å². The number of hydrogen-bond acceptors (Lipinski definition) is 4. The number of nitrogens with one attached hydrogen (secondary N) is 1. The molecule has 0 atom stereocenters. The predicted octanol–water partition coefficient (Wildman–Crippen LogP) is 2.14. The van der Waals surface area contributed by atoms with Crippen molar-refractivity contribution in [2.45, 2.75) is 39.2 Å². The van der Waals surface area contributed by atoms with E-state index in [1.165, 1.54) is 31.4 Å². The normalized spacial score (nSPS) is 11.0. The fraction of sp³-hybridized carbons (Fsp3) is 0.833. The van der Waals surface area contributed by atoms with Crippen molar-refractivity contribution in [2.24, 2.45) is 7.05 Å². The van der Waals surface area contributed by atoms with Gasteiger partial charge < -0.3 is 9.88 Å². The van der Waals surface area contributed by atoms with Gasteiger partial charge in [0.25, 0.3) is 0 Å². The van der Waals surface area contributed by atoms with Crippen molar-refractivity contribution in [3.63, 3.8) is 0 Å². The predicted molar refractivity (Wildman–Crippen MR) is 74.3 cm³/mol. The smallest absolute Gasteiger partial charge is 0.146 e. The Kier molecular flexibility index (Phi) is 7.28. The van der Waals surface area contributed by atoms with Crippen molar-refractivity contribution < 1.29 is 0 Å². The summed E-state index contributed by atoms with van der Waals surface area (Å²) in [7, 11) is 2.01. The van der Waals surface area contributed by atoms with Gasteiger partial charge in [0, 0.05) is 7.05 Å². The van der Waals surface area contributed by atoms with E-state index in [0.717, 1.165) is 24.7 Å². The highest BCUT2D eigenvalue weighted by atomic mass is 32.2. The molecule has 17 heavy (non-hydrogen) atoms. The molecule has 0 amide bonds. The lowest BCUT2D eigenvalue weighted by atomic mass is 10.2. The maximum Gasteiger partial charge on any atom is 0.146 e. The minimum Gasteiger partial charge on any atom is -0.317 e. The van der Waals surface area contributed by atoms with Crippen molar-refractivity contribution in [2.75, 3.05) is 18.6 Å². The second-order valence-corrected chi connectivity index (χ2v) is 5.29. The first-order valence-corrected chi connectivity index (χ1v) is 7.69. The van der Waals surface area contributed by atoms with Gasteiger partial charge in [-0.3, -0.25) is 0 Å². The maximum atomic E-state index is 4.12. The summed E-state index contributed by atoms with van der Waals surface area (Å²) in [6.07, 6.45) is 7.45. The van der Waals surface area contributed by atoms with E-state index in [1.807, 2.05) is 30.3 Å². The van der Waals surface area contributed by atoms with Crippen LogP contribution in [-0.2, 0) is 13.6 Å². The van der Waals surface area contributed by atoms with Crippen molar-refractivity contribution in [1.82, 2.24) is 20.1 Å². The molecule has 1 rings (SSSR count). The first-order chi connectivity index (χ1) is 8.25. The summed E-state index contributed by atoms with van der Waals surface area (Å²) in [5.41, 5.74) is 0. The van der Waals surface area contributed by atoms with Crippen LogP contribution < -0.4 is 5.32 Å². The number of nitrogens with zero attached hydrogens (tertiary/aromatic N) is 3. The molecule has 98 valence electrons. The topological polar surface area (TPSA) is 42.7 Å². The van der Waals surface area contributed by atoms with Crippen LogP contribution in [0.2, 0.25) is 0 Å². The fourth-order valence-corrected chi connectivity index (χ4v) is 2.15. The molecule has 0 unspecified atom stereocenters. The van der Waals surface area contributed by atoms with E-state index in [4.69, 9.17) is 0 Å². The summed E-state index contributed by atoms with van der Waals surface area (Å²) >= 11 is 1.94.